The van der Waals surface area contributed by atoms with Crippen LogP contribution in [0.5, 0.6) is 0 Å². The number of fused-ring (bicyclic) bond motifs is 1. The van der Waals surface area contributed by atoms with Gasteiger partial charge in [0.15, 0.2) is 0 Å². The fourth-order valence-corrected chi connectivity index (χ4v) is 6.49. The molecule has 0 aromatic rings. The van der Waals surface area contributed by atoms with E-state index in [2.05, 4.69) is 5.32 Å². The summed E-state index contributed by atoms with van der Waals surface area (Å²) in [4.78, 5) is 0. The Labute approximate surface area is 129 Å². The molecule has 21 heavy (non-hydrogen) atoms. The summed E-state index contributed by atoms with van der Waals surface area (Å²) in [6, 6.07) is 0.325. The van der Waals surface area contributed by atoms with Crippen LogP contribution in [0.15, 0.2) is 0 Å². The van der Waals surface area contributed by atoms with E-state index in [-0.39, 0.29) is 0 Å². The molecule has 0 bridgehead atoms. The zero-order valence-corrected chi connectivity index (χ0v) is 13.9. The standard InChI is InChI=1S/C16H30N2O2S/c19-21(20,13-9-14-7-10-17-11-8-14)18-12-3-5-15-4-1-2-6-16(15)18/h14-17H,1-13H2. The lowest BCUT2D eigenvalue weighted by molar-refractivity contribution is 0.129. The molecule has 0 aromatic carbocycles. The lowest BCUT2D eigenvalue weighted by atomic mass is 9.79. The molecule has 1 N–H and O–H groups in total. The summed E-state index contributed by atoms with van der Waals surface area (Å²) in [6.07, 6.45) is 10.3. The van der Waals surface area contributed by atoms with Gasteiger partial charge in [0.05, 0.1) is 5.75 Å². The Bertz CT molecular complexity index is 430. The number of sulfonamides is 1. The number of hydrogen-bond donors (Lipinski definition) is 1. The Morgan fingerprint density at radius 2 is 1.67 bits per heavy atom. The Morgan fingerprint density at radius 1 is 0.952 bits per heavy atom. The van der Waals surface area contributed by atoms with Crippen molar-refractivity contribution in [2.75, 3.05) is 25.4 Å². The van der Waals surface area contributed by atoms with E-state index in [0.717, 1.165) is 51.7 Å². The lowest BCUT2D eigenvalue weighted by Crippen LogP contribution is -2.50. The van der Waals surface area contributed by atoms with Crippen molar-refractivity contribution in [2.45, 2.75) is 63.8 Å². The van der Waals surface area contributed by atoms with E-state index in [4.69, 9.17) is 0 Å². The molecule has 0 amide bonds. The topological polar surface area (TPSA) is 49.4 Å². The number of hydrogen-bond acceptors (Lipinski definition) is 3. The monoisotopic (exact) mass is 314 g/mol. The van der Waals surface area contributed by atoms with Crippen LogP contribution >= 0.6 is 0 Å². The minimum Gasteiger partial charge on any atom is -0.317 e. The van der Waals surface area contributed by atoms with Crippen molar-refractivity contribution in [3.8, 4) is 0 Å². The van der Waals surface area contributed by atoms with Gasteiger partial charge in [-0.05, 0) is 69.9 Å². The predicted molar refractivity (Wildman–Crippen MR) is 85.7 cm³/mol. The van der Waals surface area contributed by atoms with E-state index in [0.29, 0.717) is 23.6 Å². The second-order valence-electron chi connectivity index (χ2n) is 7.16. The van der Waals surface area contributed by atoms with Crippen LogP contribution in [0.1, 0.15) is 57.8 Å². The smallest absolute Gasteiger partial charge is 0.214 e. The summed E-state index contributed by atoms with van der Waals surface area (Å²) in [5.41, 5.74) is 0. The first-order chi connectivity index (χ1) is 10.2. The maximum atomic E-state index is 12.8. The summed E-state index contributed by atoms with van der Waals surface area (Å²) >= 11 is 0. The molecule has 2 saturated heterocycles. The molecule has 122 valence electrons. The van der Waals surface area contributed by atoms with Gasteiger partial charge in [-0.3, -0.25) is 0 Å². The highest BCUT2D eigenvalue weighted by Crippen LogP contribution is 2.37. The van der Waals surface area contributed by atoms with Gasteiger partial charge in [-0.2, -0.15) is 4.31 Å². The molecule has 2 atom stereocenters. The summed E-state index contributed by atoms with van der Waals surface area (Å²) in [7, 11) is -3.04. The summed E-state index contributed by atoms with van der Waals surface area (Å²) < 4.78 is 27.5. The Hall–Kier alpha value is -0.130. The minimum absolute atomic E-state index is 0.325. The Morgan fingerprint density at radius 3 is 2.48 bits per heavy atom. The first-order valence-corrected chi connectivity index (χ1v) is 10.5. The molecule has 2 heterocycles. The van der Waals surface area contributed by atoms with Crippen LogP contribution < -0.4 is 5.32 Å². The van der Waals surface area contributed by atoms with E-state index in [1.165, 1.54) is 25.7 Å². The van der Waals surface area contributed by atoms with E-state index in [9.17, 15) is 8.42 Å². The van der Waals surface area contributed by atoms with Crippen molar-refractivity contribution in [1.82, 2.24) is 9.62 Å². The van der Waals surface area contributed by atoms with Gasteiger partial charge in [-0.1, -0.05) is 12.8 Å². The normalized spacial score (nSPS) is 32.8. The average molecular weight is 314 g/mol. The third-order valence-corrected chi connectivity index (χ3v) is 7.71. The van der Waals surface area contributed by atoms with Gasteiger partial charge >= 0.3 is 0 Å². The maximum absolute atomic E-state index is 12.8. The largest absolute Gasteiger partial charge is 0.317 e. The highest BCUT2D eigenvalue weighted by atomic mass is 32.2. The molecule has 0 radical (unpaired) electrons. The van der Waals surface area contributed by atoms with Crippen LogP contribution in [-0.2, 0) is 10.0 Å². The van der Waals surface area contributed by atoms with Crippen LogP contribution in [-0.4, -0.2) is 44.2 Å². The van der Waals surface area contributed by atoms with Crippen molar-refractivity contribution < 1.29 is 8.42 Å². The quantitative estimate of drug-likeness (QED) is 0.866. The van der Waals surface area contributed by atoms with Crippen molar-refractivity contribution in [3.63, 3.8) is 0 Å². The van der Waals surface area contributed by atoms with Gasteiger partial charge in [-0.15, -0.1) is 0 Å². The van der Waals surface area contributed by atoms with Gasteiger partial charge < -0.3 is 5.32 Å². The van der Waals surface area contributed by atoms with Crippen molar-refractivity contribution >= 4 is 10.0 Å². The molecule has 2 unspecified atom stereocenters. The average Bonchev–Trinajstić information content (AvgIpc) is 2.53. The second kappa shape index (κ2) is 6.97. The zero-order chi connectivity index (χ0) is 14.7. The SMILES string of the molecule is O=S(=O)(CCC1CCNCC1)N1CCCC2CCCCC21. The van der Waals surface area contributed by atoms with Gasteiger partial charge in [0.25, 0.3) is 0 Å². The highest BCUT2D eigenvalue weighted by Gasteiger charge is 2.39. The number of rotatable bonds is 4. The van der Waals surface area contributed by atoms with Crippen molar-refractivity contribution in [2.24, 2.45) is 11.8 Å². The molecule has 3 fully saturated rings. The Balaban J connectivity index is 1.60. The first-order valence-electron chi connectivity index (χ1n) is 8.87. The molecule has 0 aromatic heterocycles. The summed E-state index contributed by atoms with van der Waals surface area (Å²) in [5, 5.41) is 3.35. The van der Waals surface area contributed by atoms with Crippen LogP contribution in [0.2, 0.25) is 0 Å². The summed E-state index contributed by atoms with van der Waals surface area (Å²) in [5.74, 6) is 1.62. The van der Waals surface area contributed by atoms with E-state index in [1.54, 1.807) is 0 Å². The third kappa shape index (κ3) is 3.80. The lowest BCUT2D eigenvalue weighted by Gasteiger charge is -2.43. The molecular weight excluding hydrogens is 284 g/mol. The summed E-state index contributed by atoms with van der Waals surface area (Å²) in [6.45, 7) is 2.88. The zero-order valence-electron chi connectivity index (χ0n) is 13.1. The molecule has 0 spiro atoms. The fraction of sp³-hybridized carbons (Fsp3) is 1.00. The van der Waals surface area contributed by atoms with Crippen LogP contribution in [0.3, 0.4) is 0 Å². The molecule has 1 saturated carbocycles. The van der Waals surface area contributed by atoms with Gasteiger partial charge in [0, 0.05) is 12.6 Å². The molecule has 1 aliphatic carbocycles. The molecular formula is C16H30N2O2S. The number of nitrogens with one attached hydrogen (secondary N) is 1. The second-order valence-corrected chi connectivity index (χ2v) is 9.20. The maximum Gasteiger partial charge on any atom is 0.214 e. The molecule has 4 nitrogen and oxygen atoms in total. The van der Waals surface area contributed by atoms with Crippen molar-refractivity contribution in [3.05, 3.63) is 0 Å². The minimum atomic E-state index is -3.04. The van der Waals surface area contributed by atoms with Crippen LogP contribution in [0, 0.1) is 11.8 Å². The number of piperidine rings is 2. The van der Waals surface area contributed by atoms with E-state index in [1.807, 2.05) is 4.31 Å². The van der Waals surface area contributed by atoms with Gasteiger partial charge in [-0.25, -0.2) is 8.42 Å². The predicted octanol–water partition coefficient (Wildman–Crippen LogP) is 2.36. The van der Waals surface area contributed by atoms with Gasteiger partial charge in [0.2, 0.25) is 10.0 Å². The molecule has 3 aliphatic rings. The van der Waals surface area contributed by atoms with Gasteiger partial charge in [0.1, 0.15) is 0 Å². The molecule has 3 rings (SSSR count). The van der Waals surface area contributed by atoms with Crippen LogP contribution in [0.25, 0.3) is 0 Å². The van der Waals surface area contributed by atoms with Crippen LogP contribution in [0.4, 0.5) is 0 Å². The fourth-order valence-electron chi connectivity index (χ4n) is 4.53. The molecule has 5 heteroatoms. The third-order valence-electron chi connectivity index (χ3n) is 5.79. The number of nitrogens with zero attached hydrogens (tertiary/aromatic N) is 1. The molecule has 2 aliphatic heterocycles. The highest BCUT2D eigenvalue weighted by molar-refractivity contribution is 7.89. The van der Waals surface area contributed by atoms with E-state index < -0.39 is 10.0 Å². The first kappa shape index (κ1) is 15.8. The van der Waals surface area contributed by atoms with E-state index >= 15 is 0 Å². The van der Waals surface area contributed by atoms with Crippen molar-refractivity contribution in [1.29, 1.82) is 0 Å². The Kier molecular flexibility index (Phi) is 5.23.